The minimum Gasteiger partial charge on any atom is -0.450 e. The quantitative estimate of drug-likeness (QED) is 0.734. The summed E-state index contributed by atoms with van der Waals surface area (Å²) in [6.07, 6.45) is 2.54. The Kier molecular flexibility index (Phi) is 5.23. The number of imide groups is 1. The number of aromatic nitrogens is 1. The maximum Gasteiger partial charge on any atom is 0.414 e. The molecule has 0 fully saturated rings. The predicted octanol–water partition coefficient (Wildman–Crippen LogP) is 3.43. The number of thiophene rings is 1. The standard InChI is InChI=1S/C18H15N3O4S/c1-2-25-18(24)21-16(23)14-6-8-26-17(14)20-15(22)12-3-4-13-10-19-7-5-11(13)9-12/h3-10H,2H2,1H3,(H,20,22)(H,21,23,24). The summed E-state index contributed by atoms with van der Waals surface area (Å²) in [7, 11) is 0. The Labute approximate surface area is 153 Å². The molecule has 3 aromatic rings. The molecule has 0 unspecified atom stereocenters. The molecular weight excluding hydrogens is 354 g/mol. The lowest BCUT2D eigenvalue weighted by Gasteiger charge is -2.08. The van der Waals surface area contributed by atoms with Crippen LogP contribution in [0.15, 0.2) is 48.1 Å². The number of amides is 3. The highest BCUT2D eigenvalue weighted by molar-refractivity contribution is 7.14. The number of nitrogens with one attached hydrogen (secondary N) is 2. The van der Waals surface area contributed by atoms with Gasteiger partial charge in [-0.15, -0.1) is 11.3 Å². The molecular formula is C18H15N3O4S. The summed E-state index contributed by atoms with van der Waals surface area (Å²) in [6, 6.07) is 8.58. The predicted molar refractivity (Wildman–Crippen MR) is 98.5 cm³/mol. The molecule has 3 rings (SSSR count). The van der Waals surface area contributed by atoms with Crippen LogP contribution in [0.4, 0.5) is 9.80 Å². The van der Waals surface area contributed by atoms with Gasteiger partial charge in [-0.3, -0.25) is 19.9 Å². The maximum atomic E-state index is 12.5. The van der Waals surface area contributed by atoms with Crippen molar-refractivity contribution in [2.45, 2.75) is 6.92 Å². The number of anilines is 1. The zero-order valence-electron chi connectivity index (χ0n) is 13.8. The lowest BCUT2D eigenvalue weighted by atomic mass is 10.1. The summed E-state index contributed by atoms with van der Waals surface area (Å²) in [4.78, 5) is 40.1. The van der Waals surface area contributed by atoms with Crippen molar-refractivity contribution in [3.05, 3.63) is 59.2 Å². The van der Waals surface area contributed by atoms with Gasteiger partial charge in [0.1, 0.15) is 5.00 Å². The number of carbonyl (C=O) groups is 3. The van der Waals surface area contributed by atoms with Gasteiger partial charge >= 0.3 is 6.09 Å². The summed E-state index contributed by atoms with van der Waals surface area (Å²) in [5.74, 6) is -0.985. The number of hydrogen-bond acceptors (Lipinski definition) is 6. The first-order valence-electron chi connectivity index (χ1n) is 7.79. The number of pyridine rings is 1. The summed E-state index contributed by atoms with van der Waals surface area (Å²) in [6.45, 7) is 1.80. The molecule has 0 saturated carbocycles. The van der Waals surface area contributed by atoms with E-state index in [0.717, 1.165) is 10.8 Å². The minimum atomic E-state index is -0.830. The van der Waals surface area contributed by atoms with E-state index in [0.29, 0.717) is 10.6 Å². The van der Waals surface area contributed by atoms with Gasteiger partial charge in [-0.1, -0.05) is 6.07 Å². The summed E-state index contributed by atoms with van der Waals surface area (Å²) in [5.41, 5.74) is 0.648. The molecule has 1 aromatic carbocycles. The Hall–Kier alpha value is -3.26. The highest BCUT2D eigenvalue weighted by atomic mass is 32.1. The fraction of sp³-hybridized carbons (Fsp3) is 0.111. The highest BCUT2D eigenvalue weighted by Crippen LogP contribution is 2.24. The first-order valence-corrected chi connectivity index (χ1v) is 8.67. The molecule has 0 aliphatic carbocycles. The van der Waals surface area contributed by atoms with E-state index in [-0.39, 0.29) is 18.1 Å². The zero-order valence-corrected chi connectivity index (χ0v) is 14.6. The van der Waals surface area contributed by atoms with E-state index >= 15 is 0 Å². The Bertz CT molecular complexity index is 983. The molecule has 0 saturated heterocycles. The van der Waals surface area contributed by atoms with E-state index in [1.54, 1.807) is 42.9 Å². The van der Waals surface area contributed by atoms with E-state index in [1.165, 1.54) is 17.4 Å². The third-order valence-corrected chi connectivity index (χ3v) is 4.36. The normalized spacial score (nSPS) is 10.3. The molecule has 0 radical (unpaired) electrons. The summed E-state index contributed by atoms with van der Waals surface area (Å²) >= 11 is 1.19. The highest BCUT2D eigenvalue weighted by Gasteiger charge is 2.18. The van der Waals surface area contributed by atoms with Gasteiger partial charge in [-0.25, -0.2) is 4.79 Å². The topological polar surface area (TPSA) is 97.4 Å². The van der Waals surface area contributed by atoms with Gasteiger partial charge in [0.2, 0.25) is 0 Å². The lowest BCUT2D eigenvalue weighted by molar-refractivity contribution is 0.0926. The molecule has 26 heavy (non-hydrogen) atoms. The number of rotatable bonds is 4. The average Bonchev–Trinajstić information content (AvgIpc) is 3.09. The maximum absolute atomic E-state index is 12.5. The molecule has 2 aromatic heterocycles. The fourth-order valence-corrected chi connectivity index (χ4v) is 3.09. The Morgan fingerprint density at radius 1 is 1.12 bits per heavy atom. The van der Waals surface area contributed by atoms with Gasteiger partial charge in [-0.05, 0) is 42.0 Å². The molecule has 0 spiro atoms. The smallest absolute Gasteiger partial charge is 0.414 e. The summed E-state index contributed by atoms with van der Waals surface area (Å²) < 4.78 is 4.68. The van der Waals surface area contributed by atoms with Crippen LogP contribution in [0.3, 0.4) is 0 Å². The number of carbonyl (C=O) groups excluding carboxylic acids is 3. The summed E-state index contributed by atoms with van der Waals surface area (Å²) in [5, 5.41) is 8.64. The van der Waals surface area contributed by atoms with E-state index in [1.807, 2.05) is 6.07 Å². The fourth-order valence-electron chi connectivity index (χ4n) is 2.31. The molecule has 132 valence electrons. The van der Waals surface area contributed by atoms with Crippen LogP contribution in [0.2, 0.25) is 0 Å². The van der Waals surface area contributed by atoms with Crippen molar-refractivity contribution in [2.75, 3.05) is 11.9 Å². The third-order valence-electron chi connectivity index (χ3n) is 3.53. The van der Waals surface area contributed by atoms with E-state index < -0.39 is 12.0 Å². The van der Waals surface area contributed by atoms with Crippen molar-refractivity contribution in [3.63, 3.8) is 0 Å². The molecule has 2 heterocycles. The molecule has 0 bridgehead atoms. The largest absolute Gasteiger partial charge is 0.450 e. The van der Waals surface area contributed by atoms with Crippen LogP contribution >= 0.6 is 11.3 Å². The van der Waals surface area contributed by atoms with Crippen molar-refractivity contribution in [1.82, 2.24) is 10.3 Å². The number of nitrogens with zero attached hydrogens (tertiary/aromatic N) is 1. The first kappa shape index (κ1) is 17.6. The van der Waals surface area contributed by atoms with Gasteiger partial charge in [0.15, 0.2) is 0 Å². The van der Waals surface area contributed by atoms with Crippen LogP contribution in [-0.4, -0.2) is 29.5 Å². The van der Waals surface area contributed by atoms with Gasteiger partial charge in [0, 0.05) is 23.3 Å². The van der Waals surface area contributed by atoms with E-state index in [2.05, 4.69) is 20.4 Å². The lowest BCUT2D eigenvalue weighted by Crippen LogP contribution is -2.31. The van der Waals surface area contributed by atoms with E-state index in [9.17, 15) is 14.4 Å². The van der Waals surface area contributed by atoms with E-state index in [4.69, 9.17) is 0 Å². The van der Waals surface area contributed by atoms with Crippen LogP contribution in [0.25, 0.3) is 10.8 Å². The molecule has 8 heteroatoms. The van der Waals surface area contributed by atoms with Gasteiger partial charge in [0.25, 0.3) is 11.8 Å². The van der Waals surface area contributed by atoms with Crippen molar-refractivity contribution in [3.8, 4) is 0 Å². The zero-order chi connectivity index (χ0) is 18.5. The van der Waals surface area contributed by atoms with Crippen LogP contribution in [0.1, 0.15) is 27.6 Å². The Morgan fingerprint density at radius 2 is 1.96 bits per heavy atom. The van der Waals surface area contributed by atoms with Gasteiger partial charge < -0.3 is 10.1 Å². The second-order valence-electron chi connectivity index (χ2n) is 5.23. The van der Waals surface area contributed by atoms with Crippen LogP contribution in [-0.2, 0) is 4.74 Å². The van der Waals surface area contributed by atoms with Gasteiger partial charge in [0.05, 0.1) is 12.2 Å². The molecule has 7 nitrogen and oxygen atoms in total. The number of benzene rings is 1. The van der Waals surface area contributed by atoms with Gasteiger partial charge in [-0.2, -0.15) is 0 Å². The minimum absolute atomic E-state index is 0.157. The number of hydrogen-bond donors (Lipinski definition) is 2. The SMILES string of the molecule is CCOC(=O)NC(=O)c1ccsc1NC(=O)c1ccc2cnccc2c1. The second-order valence-corrected chi connectivity index (χ2v) is 6.15. The van der Waals surface area contributed by atoms with Crippen LogP contribution in [0.5, 0.6) is 0 Å². The Balaban J connectivity index is 1.76. The number of alkyl carbamates (subject to hydrolysis) is 1. The molecule has 0 aliphatic heterocycles. The number of ether oxygens (including phenoxy) is 1. The monoisotopic (exact) mass is 369 g/mol. The van der Waals surface area contributed by atoms with Crippen molar-refractivity contribution >= 4 is 45.0 Å². The average molecular weight is 369 g/mol. The van der Waals surface area contributed by atoms with Crippen molar-refractivity contribution < 1.29 is 19.1 Å². The van der Waals surface area contributed by atoms with Crippen LogP contribution in [0, 0.1) is 0 Å². The molecule has 3 amide bonds. The molecule has 0 aliphatic rings. The van der Waals surface area contributed by atoms with Crippen molar-refractivity contribution in [2.24, 2.45) is 0 Å². The van der Waals surface area contributed by atoms with Crippen LogP contribution < -0.4 is 10.6 Å². The molecule has 2 N–H and O–H groups in total. The first-order chi connectivity index (χ1) is 12.6. The second kappa shape index (κ2) is 7.75. The Morgan fingerprint density at radius 3 is 2.77 bits per heavy atom. The number of fused-ring (bicyclic) bond motifs is 1. The molecule has 0 atom stereocenters. The van der Waals surface area contributed by atoms with Crippen molar-refractivity contribution in [1.29, 1.82) is 0 Å². The third kappa shape index (κ3) is 3.86.